The van der Waals surface area contributed by atoms with Gasteiger partial charge in [0, 0.05) is 12.5 Å². The molecule has 3 rings (SSSR count). The molecular weight excluding hydrogens is 286 g/mol. The van der Waals surface area contributed by atoms with Crippen LogP contribution in [0, 0.1) is 5.92 Å². The number of aromatic nitrogens is 4. The highest BCUT2D eigenvalue weighted by Crippen LogP contribution is 2.21. The summed E-state index contributed by atoms with van der Waals surface area (Å²) >= 11 is 5.96. The highest BCUT2D eigenvalue weighted by atomic mass is 35.5. The number of halogens is 1. The molecule has 1 saturated heterocycles. The molecule has 2 N–H and O–H groups in total. The predicted molar refractivity (Wildman–Crippen MR) is 70.2 cm³/mol. The summed E-state index contributed by atoms with van der Waals surface area (Å²) < 4.78 is 11.5. The number of nitrogens with two attached hydrogens (primary N) is 1. The van der Waals surface area contributed by atoms with E-state index in [-0.39, 0.29) is 17.0 Å². The van der Waals surface area contributed by atoms with Crippen molar-refractivity contribution >= 4 is 34.9 Å². The van der Waals surface area contributed by atoms with Crippen LogP contribution in [0.5, 0.6) is 0 Å². The molecule has 2 aromatic heterocycles. The van der Waals surface area contributed by atoms with Crippen LogP contribution in [0.4, 0.5) is 10.7 Å². The average Bonchev–Trinajstić information content (AvgIpc) is 2.81. The molecule has 0 bridgehead atoms. The van der Waals surface area contributed by atoms with E-state index in [9.17, 15) is 4.79 Å². The summed E-state index contributed by atoms with van der Waals surface area (Å²) in [5.41, 5.74) is 6.70. The van der Waals surface area contributed by atoms with Crippen molar-refractivity contribution < 1.29 is 14.3 Å². The summed E-state index contributed by atoms with van der Waals surface area (Å²) in [5, 5.41) is 0.237. The van der Waals surface area contributed by atoms with E-state index >= 15 is 0 Å². The fourth-order valence-electron chi connectivity index (χ4n) is 2.04. The van der Waals surface area contributed by atoms with Crippen LogP contribution in [0.3, 0.4) is 0 Å². The Kier molecular flexibility index (Phi) is 3.31. The first-order valence-corrected chi connectivity index (χ1v) is 6.44. The van der Waals surface area contributed by atoms with Crippen molar-refractivity contribution in [3.05, 3.63) is 11.5 Å². The van der Waals surface area contributed by atoms with Crippen LogP contribution in [0.2, 0.25) is 5.15 Å². The molecule has 0 spiro atoms. The Morgan fingerprint density at radius 2 is 2.15 bits per heavy atom. The van der Waals surface area contributed by atoms with Crippen LogP contribution >= 0.6 is 11.6 Å². The summed E-state index contributed by atoms with van der Waals surface area (Å²) in [4.78, 5) is 22.9. The van der Waals surface area contributed by atoms with E-state index in [2.05, 4.69) is 15.0 Å². The van der Waals surface area contributed by atoms with E-state index in [4.69, 9.17) is 26.8 Å². The Morgan fingerprint density at radius 1 is 1.40 bits per heavy atom. The first-order valence-electron chi connectivity index (χ1n) is 6.07. The zero-order chi connectivity index (χ0) is 14.1. The topological polar surface area (TPSA) is 105 Å². The summed E-state index contributed by atoms with van der Waals surface area (Å²) in [5.74, 6) is 0.263. The number of anilines is 1. The summed E-state index contributed by atoms with van der Waals surface area (Å²) in [6.45, 7) is 1.38. The molecule has 20 heavy (non-hydrogen) atoms. The molecule has 0 amide bonds. The maximum atomic E-state index is 10.8. The van der Waals surface area contributed by atoms with Gasteiger partial charge in [0.05, 0.1) is 6.33 Å². The smallest absolute Gasteiger partial charge is 0.434 e. The Labute approximate surface area is 118 Å². The van der Waals surface area contributed by atoms with Crippen molar-refractivity contribution in [1.82, 2.24) is 19.5 Å². The SMILES string of the molecule is Nc1nc(Cl)c2ncn(CCC3COC(=O)OC3)c2n1. The second kappa shape index (κ2) is 5.12. The van der Waals surface area contributed by atoms with E-state index in [0.717, 1.165) is 6.42 Å². The lowest BCUT2D eigenvalue weighted by Gasteiger charge is -2.21. The molecule has 106 valence electrons. The highest BCUT2D eigenvalue weighted by Gasteiger charge is 2.21. The van der Waals surface area contributed by atoms with Crippen LogP contribution in [-0.4, -0.2) is 38.9 Å². The molecular formula is C11H12ClN5O3. The van der Waals surface area contributed by atoms with Crippen molar-refractivity contribution in [3.8, 4) is 0 Å². The second-order valence-corrected chi connectivity index (χ2v) is 4.87. The number of imidazole rings is 1. The molecule has 0 radical (unpaired) electrons. The van der Waals surface area contributed by atoms with E-state index in [1.54, 1.807) is 6.33 Å². The van der Waals surface area contributed by atoms with Gasteiger partial charge in [-0.2, -0.15) is 9.97 Å². The van der Waals surface area contributed by atoms with Crippen LogP contribution in [0.1, 0.15) is 6.42 Å². The van der Waals surface area contributed by atoms with Crippen molar-refractivity contribution in [2.24, 2.45) is 5.92 Å². The van der Waals surface area contributed by atoms with Gasteiger partial charge >= 0.3 is 6.16 Å². The lowest BCUT2D eigenvalue weighted by atomic mass is 10.1. The number of rotatable bonds is 3. The largest absolute Gasteiger partial charge is 0.508 e. The number of hydrogen-bond acceptors (Lipinski definition) is 7. The number of hydrogen-bond donors (Lipinski definition) is 1. The number of cyclic esters (lactones) is 2. The summed E-state index contributed by atoms with van der Waals surface area (Å²) in [6.07, 6.45) is 1.79. The molecule has 0 aromatic carbocycles. The number of ether oxygens (including phenoxy) is 2. The zero-order valence-electron chi connectivity index (χ0n) is 10.5. The van der Waals surface area contributed by atoms with E-state index in [0.29, 0.717) is 30.9 Å². The van der Waals surface area contributed by atoms with Gasteiger partial charge in [0.1, 0.15) is 18.7 Å². The number of carbonyl (C=O) groups is 1. The lowest BCUT2D eigenvalue weighted by molar-refractivity contribution is -0.0148. The highest BCUT2D eigenvalue weighted by molar-refractivity contribution is 6.33. The number of nitrogen functional groups attached to an aromatic ring is 1. The number of nitrogens with zero attached hydrogens (tertiary/aromatic N) is 4. The zero-order valence-corrected chi connectivity index (χ0v) is 11.2. The number of carbonyl (C=O) groups excluding carboxylic acids is 1. The minimum absolute atomic E-state index is 0.110. The molecule has 3 heterocycles. The van der Waals surface area contributed by atoms with Gasteiger partial charge in [-0.1, -0.05) is 11.6 Å². The Bertz CT molecular complexity index is 649. The molecule has 0 aliphatic carbocycles. The minimum Gasteiger partial charge on any atom is -0.434 e. The van der Waals surface area contributed by atoms with Crippen LogP contribution < -0.4 is 5.73 Å². The standard InChI is InChI=1S/C11H12ClN5O3/c12-8-7-9(16-10(13)15-8)17(5-14-7)2-1-6-3-19-11(18)20-4-6/h5-6H,1-4H2,(H2,13,15,16). The van der Waals surface area contributed by atoms with Gasteiger partial charge in [0.25, 0.3) is 0 Å². The third-order valence-electron chi connectivity index (χ3n) is 3.09. The molecule has 2 aromatic rings. The molecule has 1 aliphatic heterocycles. The van der Waals surface area contributed by atoms with Crippen molar-refractivity contribution in [1.29, 1.82) is 0 Å². The van der Waals surface area contributed by atoms with Gasteiger partial charge in [-0.25, -0.2) is 9.78 Å². The lowest BCUT2D eigenvalue weighted by Crippen LogP contribution is -2.28. The molecule has 9 heteroatoms. The fraction of sp³-hybridized carbons (Fsp3) is 0.455. The Morgan fingerprint density at radius 3 is 2.90 bits per heavy atom. The molecule has 0 unspecified atom stereocenters. The van der Waals surface area contributed by atoms with Gasteiger partial charge in [-0.15, -0.1) is 0 Å². The predicted octanol–water partition coefficient (Wildman–Crippen LogP) is 1.23. The first kappa shape index (κ1) is 12.9. The number of fused-ring (bicyclic) bond motifs is 1. The third kappa shape index (κ3) is 2.46. The second-order valence-electron chi connectivity index (χ2n) is 4.51. The summed E-state index contributed by atoms with van der Waals surface area (Å²) in [6, 6.07) is 0. The van der Waals surface area contributed by atoms with E-state index < -0.39 is 6.16 Å². The maximum Gasteiger partial charge on any atom is 0.508 e. The normalized spacial score (nSPS) is 16.1. The molecule has 0 saturated carbocycles. The number of aryl methyl sites for hydroxylation is 1. The molecule has 1 fully saturated rings. The van der Waals surface area contributed by atoms with Gasteiger partial charge < -0.3 is 19.8 Å². The van der Waals surface area contributed by atoms with Gasteiger partial charge in [-0.3, -0.25) is 0 Å². The van der Waals surface area contributed by atoms with Crippen molar-refractivity contribution in [2.45, 2.75) is 13.0 Å². The summed E-state index contributed by atoms with van der Waals surface area (Å²) in [7, 11) is 0. The van der Waals surface area contributed by atoms with Gasteiger partial charge in [0.2, 0.25) is 5.95 Å². The molecule has 8 nitrogen and oxygen atoms in total. The van der Waals surface area contributed by atoms with E-state index in [1.165, 1.54) is 0 Å². The quantitative estimate of drug-likeness (QED) is 0.671. The van der Waals surface area contributed by atoms with Crippen molar-refractivity contribution in [3.63, 3.8) is 0 Å². The fourth-order valence-corrected chi connectivity index (χ4v) is 2.26. The first-order chi connectivity index (χ1) is 9.63. The Balaban J connectivity index is 1.73. The minimum atomic E-state index is -0.610. The van der Waals surface area contributed by atoms with Crippen LogP contribution in [0.15, 0.2) is 6.33 Å². The van der Waals surface area contributed by atoms with Crippen LogP contribution in [0.25, 0.3) is 11.2 Å². The molecule has 1 aliphatic rings. The van der Waals surface area contributed by atoms with Crippen molar-refractivity contribution in [2.75, 3.05) is 18.9 Å². The van der Waals surface area contributed by atoms with Gasteiger partial charge in [0.15, 0.2) is 10.8 Å². The maximum absolute atomic E-state index is 10.8. The van der Waals surface area contributed by atoms with Gasteiger partial charge in [-0.05, 0) is 6.42 Å². The molecule has 0 atom stereocenters. The van der Waals surface area contributed by atoms with E-state index in [1.807, 2.05) is 4.57 Å². The Hall–Kier alpha value is -2.09. The monoisotopic (exact) mass is 297 g/mol. The third-order valence-corrected chi connectivity index (χ3v) is 3.35. The average molecular weight is 298 g/mol. The van der Waals surface area contributed by atoms with Crippen LogP contribution in [-0.2, 0) is 16.0 Å².